The minimum atomic E-state index is 0.479. The van der Waals surface area contributed by atoms with Gasteiger partial charge in [-0.2, -0.15) is 0 Å². The van der Waals surface area contributed by atoms with Crippen LogP contribution in [0.3, 0.4) is 0 Å². The molecule has 0 heterocycles. The van der Waals surface area contributed by atoms with E-state index in [1.165, 1.54) is 9.79 Å². The second kappa shape index (κ2) is 10.7. The maximum Gasteiger partial charge on any atom is 0.122 e. The Labute approximate surface area is 169 Å². The number of aryl methyl sites for hydroxylation is 4. The molecule has 148 valence electrons. The molecule has 2 aromatic rings. The van der Waals surface area contributed by atoms with Gasteiger partial charge in [0.1, 0.15) is 11.5 Å². The molecule has 27 heavy (non-hydrogen) atoms. The first-order chi connectivity index (χ1) is 13.0. The summed E-state index contributed by atoms with van der Waals surface area (Å²) in [4.78, 5) is 2.35. The third-order valence-corrected chi connectivity index (χ3v) is 5.74. The molecule has 0 radical (unpaired) electrons. The van der Waals surface area contributed by atoms with E-state index < -0.39 is 0 Å². The van der Waals surface area contributed by atoms with Crippen molar-refractivity contribution in [2.24, 2.45) is 0 Å². The number of benzene rings is 2. The molecule has 0 aliphatic carbocycles. The molecule has 0 aliphatic rings. The number of aromatic hydroxyl groups is 2. The van der Waals surface area contributed by atoms with Crippen molar-refractivity contribution in [3.05, 3.63) is 46.5 Å². The molecule has 2 N–H and O–H groups in total. The zero-order valence-corrected chi connectivity index (χ0v) is 18.1. The standard InChI is InChI=1S/C24H34O2S/c1-5-9-17-13-21(14-18(10-6-2)23(17)25)27-22-15-19(11-7-3)24(26)20(16-22)12-8-4/h13-16,25-26H,5-12H2,1-4H3. The van der Waals surface area contributed by atoms with Crippen molar-refractivity contribution in [1.82, 2.24) is 0 Å². The lowest BCUT2D eigenvalue weighted by Gasteiger charge is -2.15. The molecule has 0 saturated heterocycles. The third kappa shape index (κ3) is 5.68. The average Bonchev–Trinajstić information content (AvgIpc) is 2.63. The maximum atomic E-state index is 10.6. The Morgan fingerprint density at radius 3 is 1.04 bits per heavy atom. The van der Waals surface area contributed by atoms with Crippen LogP contribution in [0.4, 0.5) is 0 Å². The molecule has 0 saturated carbocycles. The molecule has 2 nitrogen and oxygen atoms in total. The normalized spacial score (nSPS) is 11.1. The highest BCUT2D eigenvalue weighted by molar-refractivity contribution is 7.99. The van der Waals surface area contributed by atoms with Gasteiger partial charge in [0.05, 0.1) is 0 Å². The van der Waals surface area contributed by atoms with E-state index in [1.807, 2.05) is 0 Å². The van der Waals surface area contributed by atoms with Crippen LogP contribution in [-0.4, -0.2) is 10.2 Å². The summed E-state index contributed by atoms with van der Waals surface area (Å²) in [5, 5.41) is 21.1. The summed E-state index contributed by atoms with van der Waals surface area (Å²) in [5.74, 6) is 0.958. The first-order valence-electron chi connectivity index (χ1n) is 10.4. The monoisotopic (exact) mass is 386 g/mol. The maximum absolute atomic E-state index is 10.6. The topological polar surface area (TPSA) is 40.5 Å². The van der Waals surface area contributed by atoms with Crippen LogP contribution in [0.15, 0.2) is 34.1 Å². The van der Waals surface area contributed by atoms with Crippen molar-refractivity contribution < 1.29 is 10.2 Å². The predicted molar refractivity (Wildman–Crippen MR) is 116 cm³/mol. The van der Waals surface area contributed by atoms with Gasteiger partial charge >= 0.3 is 0 Å². The van der Waals surface area contributed by atoms with Crippen LogP contribution in [0.1, 0.15) is 75.6 Å². The molecular weight excluding hydrogens is 352 g/mol. The molecule has 2 rings (SSSR count). The van der Waals surface area contributed by atoms with Crippen molar-refractivity contribution >= 4 is 11.8 Å². The molecular formula is C24H34O2S. The molecule has 0 aliphatic heterocycles. The molecule has 0 aromatic heterocycles. The van der Waals surface area contributed by atoms with Crippen molar-refractivity contribution in [2.75, 3.05) is 0 Å². The van der Waals surface area contributed by atoms with Crippen LogP contribution in [0, 0.1) is 0 Å². The zero-order chi connectivity index (χ0) is 19.8. The predicted octanol–water partition coefficient (Wildman–Crippen LogP) is 7.06. The van der Waals surface area contributed by atoms with E-state index in [0.29, 0.717) is 11.5 Å². The Bertz CT molecular complexity index is 635. The highest BCUT2D eigenvalue weighted by Gasteiger charge is 2.13. The van der Waals surface area contributed by atoms with E-state index in [0.717, 1.165) is 73.6 Å². The van der Waals surface area contributed by atoms with Gasteiger partial charge in [0.2, 0.25) is 0 Å². The molecule has 3 heteroatoms. The van der Waals surface area contributed by atoms with Gasteiger partial charge < -0.3 is 10.2 Å². The van der Waals surface area contributed by atoms with Gasteiger partial charge in [0.15, 0.2) is 0 Å². The van der Waals surface area contributed by atoms with Gasteiger partial charge in [-0.15, -0.1) is 0 Å². The second-order valence-electron chi connectivity index (χ2n) is 7.28. The second-order valence-corrected chi connectivity index (χ2v) is 8.43. The number of rotatable bonds is 10. The van der Waals surface area contributed by atoms with Gasteiger partial charge in [-0.05, 0) is 72.2 Å². The third-order valence-electron chi connectivity index (χ3n) is 4.80. The lowest BCUT2D eigenvalue weighted by molar-refractivity contribution is 0.459. The summed E-state index contributed by atoms with van der Waals surface area (Å²) in [6.45, 7) is 8.58. The highest BCUT2D eigenvalue weighted by Crippen LogP contribution is 2.38. The average molecular weight is 387 g/mol. The summed E-state index contributed by atoms with van der Waals surface area (Å²) < 4.78 is 0. The fraction of sp³-hybridized carbons (Fsp3) is 0.500. The Kier molecular flexibility index (Phi) is 8.56. The van der Waals surface area contributed by atoms with E-state index in [4.69, 9.17) is 0 Å². The van der Waals surface area contributed by atoms with E-state index in [9.17, 15) is 10.2 Å². The Morgan fingerprint density at radius 2 is 0.815 bits per heavy atom. The largest absolute Gasteiger partial charge is 0.507 e. The van der Waals surface area contributed by atoms with E-state index in [1.54, 1.807) is 11.8 Å². The van der Waals surface area contributed by atoms with Crippen molar-refractivity contribution in [1.29, 1.82) is 0 Å². The Morgan fingerprint density at radius 1 is 0.556 bits per heavy atom. The van der Waals surface area contributed by atoms with E-state index in [2.05, 4.69) is 52.0 Å². The molecule has 0 bridgehead atoms. The summed E-state index contributed by atoms with van der Waals surface area (Å²) in [7, 11) is 0. The van der Waals surface area contributed by atoms with E-state index in [-0.39, 0.29) is 0 Å². The molecule has 0 unspecified atom stereocenters. The van der Waals surface area contributed by atoms with Crippen LogP contribution in [0.5, 0.6) is 11.5 Å². The lowest BCUT2D eigenvalue weighted by Crippen LogP contribution is -1.95. The van der Waals surface area contributed by atoms with Crippen molar-refractivity contribution in [3.8, 4) is 11.5 Å². The van der Waals surface area contributed by atoms with Crippen LogP contribution in [-0.2, 0) is 25.7 Å². The summed E-state index contributed by atoms with van der Waals surface area (Å²) in [6, 6.07) is 8.53. The summed E-state index contributed by atoms with van der Waals surface area (Å²) >= 11 is 1.74. The SMILES string of the molecule is CCCc1cc(Sc2cc(CCC)c(O)c(CCC)c2)cc(CCC)c1O. The lowest BCUT2D eigenvalue weighted by atomic mass is 10.0. The minimum Gasteiger partial charge on any atom is -0.507 e. The fourth-order valence-electron chi connectivity index (χ4n) is 3.55. The number of hydrogen-bond acceptors (Lipinski definition) is 3. The van der Waals surface area contributed by atoms with Crippen molar-refractivity contribution in [2.45, 2.75) is 88.9 Å². The molecule has 0 amide bonds. The summed E-state index contributed by atoms with van der Waals surface area (Å²) in [5.41, 5.74) is 4.19. The van der Waals surface area contributed by atoms with Crippen molar-refractivity contribution in [3.63, 3.8) is 0 Å². The first-order valence-corrected chi connectivity index (χ1v) is 11.2. The van der Waals surface area contributed by atoms with Crippen LogP contribution < -0.4 is 0 Å². The molecule has 2 aromatic carbocycles. The zero-order valence-electron chi connectivity index (χ0n) is 17.3. The first kappa shape index (κ1) is 21.7. The smallest absolute Gasteiger partial charge is 0.122 e. The van der Waals surface area contributed by atoms with Gasteiger partial charge in [0, 0.05) is 9.79 Å². The minimum absolute atomic E-state index is 0.479. The van der Waals surface area contributed by atoms with Crippen LogP contribution in [0.2, 0.25) is 0 Å². The van der Waals surface area contributed by atoms with Gasteiger partial charge in [-0.3, -0.25) is 0 Å². The quantitative estimate of drug-likeness (QED) is 0.459. The van der Waals surface area contributed by atoms with Gasteiger partial charge in [-0.1, -0.05) is 65.1 Å². The van der Waals surface area contributed by atoms with E-state index >= 15 is 0 Å². The Balaban J connectivity index is 2.42. The number of hydrogen-bond donors (Lipinski definition) is 2. The molecule has 0 atom stereocenters. The summed E-state index contributed by atoms with van der Waals surface area (Å²) in [6.07, 6.45) is 7.68. The number of phenolic OH excluding ortho intramolecular Hbond substituents is 2. The molecule has 0 spiro atoms. The van der Waals surface area contributed by atoms with Crippen LogP contribution >= 0.6 is 11.8 Å². The fourth-order valence-corrected chi connectivity index (χ4v) is 4.63. The van der Waals surface area contributed by atoms with Gasteiger partial charge in [-0.25, -0.2) is 0 Å². The van der Waals surface area contributed by atoms with Crippen LogP contribution in [0.25, 0.3) is 0 Å². The van der Waals surface area contributed by atoms with Gasteiger partial charge in [0.25, 0.3) is 0 Å². The Hall–Kier alpha value is -1.61. The molecule has 0 fully saturated rings. The number of phenols is 2. The highest BCUT2D eigenvalue weighted by atomic mass is 32.2.